The maximum absolute atomic E-state index is 9.16. The lowest BCUT2D eigenvalue weighted by molar-refractivity contribution is 0.184. The van der Waals surface area contributed by atoms with E-state index in [0.29, 0.717) is 23.7 Å². The summed E-state index contributed by atoms with van der Waals surface area (Å²) in [7, 11) is 1.56. The largest absolute Gasteiger partial charge is 0.481 e. The standard InChI is InChI=1S/C10H14ClNO2/c1-7(13)3-4-8-9(11)5-6-12-10(8)14-2/h5-7,13H,3-4H2,1-2H3/t7-/m1/s1. The van der Waals surface area contributed by atoms with Crippen molar-refractivity contribution in [2.24, 2.45) is 0 Å². The SMILES string of the molecule is COc1nccc(Cl)c1CC[C@@H](C)O. The number of ether oxygens (including phenoxy) is 1. The monoisotopic (exact) mass is 215 g/mol. The number of aromatic nitrogens is 1. The zero-order valence-electron chi connectivity index (χ0n) is 8.33. The molecule has 1 rings (SSSR count). The summed E-state index contributed by atoms with van der Waals surface area (Å²) in [6, 6.07) is 1.72. The van der Waals surface area contributed by atoms with Crippen molar-refractivity contribution in [1.82, 2.24) is 4.98 Å². The third-order valence-electron chi connectivity index (χ3n) is 1.96. The normalized spacial score (nSPS) is 12.6. The molecule has 0 aromatic carbocycles. The molecule has 0 radical (unpaired) electrons. The molecular formula is C10H14ClNO2. The average molecular weight is 216 g/mol. The fourth-order valence-corrected chi connectivity index (χ4v) is 1.44. The third kappa shape index (κ3) is 2.86. The molecule has 1 heterocycles. The van der Waals surface area contributed by atoms with Gasteiger partial charge in [-0.1, -0.05) is 11.6 Å². The lowest BCUT2D eigenvalue weighted by atomic mass is 10.1. The van der Waals surface area contributed by atoms with Crippen LogP contribution in [0.15, 0.2) is 12.3 Å². The number of rotatable bonds is 4. The smallest absolute Gasteiger partial charge is 0.217 e. The summed E-state index contributed by atoms with van der Waals surface area (Å²) >= 11 is 5.99. The van der Waals surface area contributed by atoms with E-state index in [1.807, 2.05) is 0 Å². The highest BCUT2D eigenvalue weighted by molar-refractivity contribution is 6.31. The molecule has 14 heavy (non-hydrogen) atoms. The highest BCUT2D eigenvalue weighted by atomic mass is 35.5. The van der Waals surface area contributed by atoms with Crippen LogP contribution in [0.2, 0.25) is 5.02 Å². The van der Waals surface area contributed by atoms with Gasteiger partial charge in [0.25, 0.3) is 0 Å². The Morgan fingerprint density at radius 1 is 1.64 bits per heavy atom. The van der Waals surface area contributed by atoms with Gasteiger partial charge in [0, 0.05) is 11.8 Å². The van der Waals surface area contributed by atoms with Gasteiger partial charge in [-0.05, 0) is 25.8 Å². The Hall–Kier alpha value is -0.800. The molecule has 0 bridgehead atoms. The van der Waals surface area contributed by atoms with Gasteiger partial charge in [-0.3, -0.25) is 0 Å². The van der Waals surface area contributed by atoms with Crippen molar-refractivity contribution in [3.8, 4) is 5.88 Å². The van der Waals surface area contributed by atoms with E-state index in [2.05, 4.69) is 4.98 Å². The first-order valence-corrected chi connectivity index (χ1v) is 4.88. The predicted molar refractivity (Wildman–Crippen MR) is 55.8 cm³/mol. The molecule has 0 aliphatic heterocycles. The number of aliphatic hydroxyl groups is 1. The second kappa shape index (κ2) is 5.17. The van der Waals surface area contributed by atoms with Gasteiger partial charge >= 0.3 is 0 Å². The molecule has 0 unspecified atom stereocenters. The van der Waals surface area contributed by atoms with Crippen molar-refractivity contribution in [1.29, 1.82) is 0 Å². The molecule has 0 saturated carbocycles. The number of nitrogens with zero attached hydrogens (tertiary/aromatic N) is 1. The zero-order chi connectivity index (χ0) is 10.6. The fraction of sp³-hybridized carbons (Fsp3) is 0.500. The molecule has 78 valence electrons. The first-order chi connectivity index (χ1) is 6.65. The van der Waals surface area contributed by atoms with Crippen molar-refractivity contribution >= 4 is 11.6 Å². The molecule has 0 saturated heterocycles. The van der Waals surface area contributed by atoms with E-state index in [1.54, 1.807) is 26.3 Å². The van der Waals surface area contributed by atoms with Crippen LogP contribution in [0.1, 0.15) is 18.9 Å². The van der Waals surface area contributed by atoms with Crippen LogP contribution in [-0.4, -0.2) is 23.3 Å². The molecule has 0 aliphatic carbocycles. The van der Waals surface area contributed by atoms with Gasteiger partial charge in [-0.25, -0.2) is 4.98 Å². The Morgan fingerprint density at radius 3 is 2.93 bits per heavy atom. The van der Waals surface area contributed by atoms with Crippen molar-refractivity contribution in [2.45, 2.75) is 25.9 Å². The van der Waals surface area contributed by atoms with Crippen LogP contribution in [0.5, 0.6) is 5.88 Å². The highest BCUT2D eigenvalue weighted by Gasteiger charge is 2.09. The van der Waals surface area contributed by atoms with Gasteiger partial charge in [-0.15, -0.1) is 0 Å². The number of hydrogen-bond donors (Lipinski definition) is 1. The summed E-state index contributed by atoms with van der Waals surface area (Å²) in [6.45, 7) is 1.75. The average Bonchev–Trinajstić information content (AvgIpc) is 2.15. The lowest BCUT2D eigenvalue weighted by Gasteiger charge is -2.09. The molecule has 0 spiro atoms. The van der Waals surface area contributed by atoms with E-state index in [-0.39, 0.29) is 6.10 Å². The Balaban J connectivity index is 2.82. The molecule has 1 N–H and O–H groups in total. The van der Waals surface area contributed by atoms with E-state index in [4.69, 9.17) is 21.4 Å². The van der Waals surface area contributed by atoms with E-state index in [1.165, 1.54) is 0 Å². The van der Waals surface area contributed by atoms with Gasteiger partial charge in [0.05, 0.1) is 18.2 Å². The van der Waals surface area contributed by atoms with E-state index >= 15 is 0 Å². The van der Waals surface area contributed by atoms with E-state index in [9.17, 15) is 0 Å². The topological polar surface area (TPSA) is 42.4 Å². The first-order valence-electron chi connectivity index (χ1n) is 4.50. The van der Waals surface area contributed by atoms with Crippen LogP contribution in [0.4, 0.5) is 0 Å². The summed E-state index contributed by atoms with van der Waals surface area (Å²) in [6.07, 6.45) is 2.60. The van der Waals surface area contributed by atoms with Crippen LogP contribution >= 0.6 is 11.6 Å². The van der Waals surface area contributed by atoms with Crippen molar-refractivity contribution < 1.29 is 9.84 Å². The summed E-state index contributed by atoms with van der Waals surface area (Å²) in [4.78, 5) is 4.05. The molecule has 0 fully saturated rings. The Bertz CT molecular complexity index is 302. The first kappa shape index (κ1) is 11.3. The molecule has 4 heteroatoms. The molecule has 0 aliphatic rings. The molecule has 3 nitrogen and oxygen atoms in total. The molecule has 1 aromatic rings. The van der Waals surface area contributed by atoms with Crippen LogP contribution in [0, 0.1) is 0 Å². The highest BCUT2D eigenvalue weighted by Crippen LogP contribution is 2.25. The fourth-order valence-electron chi connectivity index (χ4n) is 1.21. The number of methoxy groups -OCH3 is 1. The van der Waals surface area contributed by atoms with Crippen LogP contribution in [0.25, 0.3) is 0 Å². The quantitative estimate of drug-likeness (QED) is 0.836. The number of aliphatic hydroxyl groups excluding tert-OH is 1. The minimum Gasteiger partial charge on any atom is -0.481 e. The Labute approximate surface area is 88.7 Å². The molecule has 0 amide bonds. The van der Waals surface area contributed by atoms with E-state index < -0.39 is 0 Å². The second-order valence-corrected chi connectivity index (χ2v) is 3.58. The van der Waals surface area contributed by atoms with Crippen molar-refractivity contribution in [3.05, 3.63) is 22.8 Å². The molecular weight excluding hydrogens is 202 g/mol. The number of pyridine rings is 1. The lowest BCUT2D eigenvalue weighted by Crippen LogP contribution is -2.03. The van der Waals surface area contributed by atoms with Crippen molar-refractivity contribution in [3.63, 3.8) is 0 Å². The summed E-state index contributed by atoms with van der Waals surface area (Å²) in [5, 5.41) is 9.80. The zero-order valence-corrected chi connectivity index (χ0v) is 9.08. The predicted octanol–water partition coefficient (Wildman–Crippen LogP) is 2.06. The molecule has 1 atom stereocenters. The maximum atomic E-state index is 9.16. The van der Waals surface area contributed by atoms with Crippen molar-refractivity contribution in [2.75, 3.05) is 7.11 Å². The third-order valence-corrected chi connectivity index (χ3v) is 2.32. The maximum Gasteiger partial charge on any atom is 0.217 e. The summed E-state index contributed by atoms with van der Waals surface area (Å²) in [5.74, 6) is 0.540. The summed E-state index contributed by atoms with van der Waals surface area (Å²) < 4.78 is 5.08. The van der Waals surface area contributed by atoms with Crippen LogP contribution in [-0.2, 0) is 6.42 Å². The number of hydrogen-bond acceptors (Lipinski definition) is 3. The minimum absolute atomic E-state index is 0.337. The van der Waals surface area contributed by atoms with Gasteiger partial charge in [0.2, 0.25) is 5.88 Å². The number of halogens is 1. The van der Waals surface area contributed by atoms with Gasteiger partial charge in [-0.2, -0.15) is 0 Å². The van der Waals surface area contributed by atoms with E-state index in [0.717, 1.165) is 5.56 Å². The van der Waals surface area contributed by atoms with Gasteiger partial charge in [0.15, 0.2) is 0 Å². The Kier molecular flexibility index (Phi) is 4.17. The molecule has 1 aromatic heterocycles. The van der Waals surface area contributed by atoms with Crippen LogP contribution in [0.3, 0.4) is 0 Å². The Morgan fingerprint density at radius 2 is 2.36 bits per heavy atom. The van der Waals surface area contributed by atoms with Crippen LogP contribution < -0.4 is 4.74 Å². The van der Waals surface area contributed by atoms with Gasteiger partial charge < -0.3 is 9.84 Å². The van der Waals surface area contributed by atoms with Gasteiger partial charge in [0.1, 0.15) is 0 Å². The second-order valence-electron chi connectivity index (χ2n) is 3.17. The summed E-state index contributed by atoms with van der Waals surface area (Å²) in [5.41, 5.74) is 0.859. The minimum atomic E-state index is -0.337.